The molecular formula is C15H14N2. The molecule has 0 aliphatic rings. The Hall–Kier alpha value is -2.09. The number of benzene rings is 2. The fraction of sp³-hybridized carbons (Fsp3) is 0.133. The molecule has 0 aliphatic heterocycles. The number of rotatable bonds is 1. The van der Waals surface area contributed by atoms with Crippen molar-refractivity contribution in [1.29, 1.82) is 0 Å². The molecule has 1 heterocycles. The van der Waals surface area contributed by atoms with Crippen molar-refractivity contribution < 1.29 is 0 Å². The quantitative estimate of drug-likeness (QED) is 0.665. The van der Waals surface area contributed by atoms with Gasteiger partial charge < -0.3 is 4.98 Å². The summed E-state index contributed by atoms with van der Waals surface area (Å²) in [7, 11) is 0. The molecule has 84 valence electrons. The van der Waals surface area contributed by atoms with Crippen molar-refractivity contribution in [2.24, 2.45) is 0 Å². The predicted molar refractivity (Wildman–Crippen MR) is 71.0 cm³/mol. The lowest BCUT2D eigenvalue weighted by Gasteiger charge is -1.96. The molecule has 0 spiro atoms. The van der Waals surface area contributed by atoms with E-state index in [2.05, 4.69) is 48.1 Å². The second-order valence-corrected chi connectivity index (χ2v) is 4.37. The molecule has 0 radical (unpaired) electrons. The van der Waals surface area contributed by atoms with Gasteiger partial charge in [-0.15, -0.1) is 0 Å². The molecule has 2 aromatic carbocycles. The van der Waals surface area contributed by atoms with E-state index >= 15 is 0 Å². The van der Waals surface area contributed by atoms with Crippen LogP contribution >= 0.6 is 0 Å². The van der Waals surface area contributed by atoms with Crippen LogP contribution in [0.2, 0.25) is 0 Å². The highest BCUT2D eigenvalue weighted by Crippen LogP contribution is 2.24. The lowest BCUT2D eigenvalue weighted by molar-refractivity contribution is 1.33. The second-order valence-electron chi connectivity index (χ2n) is 4.37. The first kappa shape index (κ1) is 10.1. The molecule has 0 atom stereocenters. The Labute approximate surface area is 100 Å². The number of aromatic amines is 1. The van der Waals surface area contributed by atoms with E-state index in [-0.39, 0.29) is 0 Å². The summed E-state index contributed by atoms with van der Waals surface area (Å²) in [5, 5.41) is 0. The number of hydrogen-bond acceptors (Lipinski definition) is 1. The third-order valence-corrected chi connectivity index (χ3v) is 3.10. The molecule has 0 saturated heterocycles. The molecule has 0 aliphatic carbocycles. The Morgan fingerprint density at radius 3 is 2.29 bits per heavy atom. The van der Waals surface area contributed by atoms with Gasteiger partial charge in [-0.2, -0.15) is 0 Å². The van der Waals surface area contributed by atoms with Crippen molar-refractivity contribution in [3.05, 3.63) is 53.6 Å². The summed E-state index contributed by atoms with van der Waals surface area (Å²) < 4.78 is 0. The van der Waals surface area contributed by atoms with Crippen LogP contribution < -0.4 is 0 Å². The SMILES string of the molecule is Cc1ccc(C)c2[nH]c(-c3ccccc3)nc12. The standard InChI is InChI=1S/C15H14N2/c1-10-8-9-11(2)14-13(10)16-15(17-14)12-6-4-3-5-7-12/h3-9H,1-2H3,(H,16,17). The summed E-state index contributed by atoms with van der Waals surface area (Å²) in [5.74, 6) is 0.943. The van der Waals surface area contributed by atoms with E-state index in [0.717, 1.165) is 22.4 Å². The van der Waals surface area contributed by atoms with Crippen LogP contribution in [0.25, 0.3) is 22.4 Å². The molecule has 1 N–H and O–H groups in total. The third-order valence-electron chi connectivity index (χ3n) is 3.10. The largest absolute Gasteiger partial charge is 0.338 e. The Kier molecular flexibility index (Phi) is 2.22. The van der Waals surface area contributed by atoms with Crippen LogP contribution in [0.5, 0.6) is 0 Å². The molecule has 0 amide bonds. The van der Waals surface area contributed by atoms with Crippen molar-refractivity contribution in [1.82, 2.24) is 9.97 Å². The van der Waals surface area contributed by atoms with Gasteiger partial charge >= 0.3 is 0 Å². The summed E-state index contributed by atoms with van der Waals surface area (Å²) in [6.07, 6.45) is 0. The minimum absolute atomic E-state index is 0.943. The molecule has 3 aromatic rings. The van der Waals surface area contributed by atoms with E-state index in [1.165, 1.54) is 11.1 Å². The van der Waals surface area contributed by atoms with Gasteiger partial charge in [0, 0.05) is 5.56 Å². The summed E-state index contributed by atoms with van der Waals surface area (Å²) in [4.78, 5) is 8.10. The molecule has 17 heavy (non-hydrogen) atoms. The van der Waals surface area contributed by atoms with E-state index in [4.69, 9.17) is 0 Å². The minimum Gasteiger partial charge on any atom is -0.338 e. The van der Waals surface area contributed by atoms with Gasteiger partial charge in [0.25, 0.3) is 0 Å². The van der Waals surface area contributed by atoms with E-state index < -0.39 is 0 Å². The van der Waals surface area contributed by atoms with Gasteiger partial charge in [-0.05, 0) is 25.0 Å². The van der Waals surface area contributed by atoms with Gasteiger partial charge in [0.15, 0.2) is 0 Å². The molecular weight excluding hydrogens is 208 g/mol. The van der Waals surface area contributed by atoms with E-state index in [0.29, 0.717) is 0 Å². The average Bonchev–Trinajstić information content (AvgIpc) is 2.81. The summed E-state index contributed by atoms with van der Waals surface area (Å²) in [5.41, 5.74) is 5.79. The summed E-state index contributed by atoms with van der Waals surface area (Å²) in [6, 6.07) is 14.5. The molecule has 3 rings (SSSR count). The van der Waals surface area contributed by atoms with Gasteiger partial charge in [0.1, 0.15) is 5.82 Å². The molecule has 0 fully saturated rings. The zero-order valence-corrected chi connectivity index (χ0v) is 9.99. The topological polar surface area (TPSA) is 28.7 Å². The molecule has 1 aromatic heterocycles. The Morgan fingerprint density at radius 2 is 1.59 bits per heavy atom. The van der Waals surface area contributed by atoms with Gasteiger partial charge in [-0.3, -0.25) is 0 Å². The van der Waals surface area contributed by atoms with Crippen molar-refractivity contribution >= 4 is 11.0 Å². The van der Waals surface area contributed by atoms with E-state index in [1.54, 1.807) is 0 Å². The predicted octanol–water partition coefficient (Wildman–Crippen LogP) is 3.85. The highest BCUT2D eigenvalue weighted by atomic mass is 14.9. The lowest BCUT2D eigenvalue weighted by atomic mass is 10.1. The zero-order valence-electron chi connectivity index (χ0n) is 9.99. The number of H-pyrrole nitrogens is 1. The number of fused-ring (bicyclic) bond motifs is 1. The first-order chi connectivity index (χ1) is 8.25. The smallest absolute Gasteiger partial charge is 0.138 e. The molecule has 2 nitrogen and oxygen atoms in total. The number of nitrogens with zero attached hydrogens (tertiary/aromatic N) is 1. The van der Waals surface area contributed by atoms with Crippen LogP contribution in [0.15, 0.2) is 42.5 Å². The highest BCUT2D eigenvalue weighted by molar-refractivity contribution is 5.84. The highest BCUT2D eigenvalue weighted by Gasteiger charge is 2.08. The summed E-state index contributed by atoms with van der Waals surface area (Å²) >= 11 is 0. The molecule has 0 saturated carbocycles. The number of aryl methyl sites for hydroxylation is 2. The maximum absolute atomic E-state index is 4.69. The Bertz CT molecular complexity index is 627. The fourth-order valence-corrected chi connectivity index (χ4v) is 2.09. The molecule has 0 bridgehead atoms. The van der Waals surface area contributed by atoms with Crippen molar-refractivity contribution in [3.63, 3.8) is 0 Å². The van der Waals surface area contributed by atoms with E-state index in [9.17, 15) is 0 Å². The van der Waals surface area contributed by atoms with Crippen LogP contribution in [-0.4, -0.2) is 9.97 Å². The lowest BCUT2D eigenvalue weighted by Crippen LogP contribution is -1.79. The van der Waals surface area contributed by atoms with Crippen molar-refractivity contribution in [2.75, 3.05) is 0 Å². The number of hydrogen-bond donors (Lipinski definition) is 1. The minimum atomic E-state index is 0.943. The maximum Gasteiger partial charge on any atom is 0.138 e. The van der Waals surface area contributed by atoms with Crippen molar-refractivity contribution in [3.8, 4) is 11.4 Å². The number of nitrogens with one attached hydrogen (secondary N) is 1. The Morgan fingerprint density at radius 1 is 0.882 bits per heavy atom. The molecule has 0 unspecified atom stereocenters. The van der Waals surface area contributed by atoms with Crippen LogP contribution in [0.1, 0.15) is 11.1 Å². The first-order valence-corrected chi connectivity index (χ1v) is 5.77. The average molecular weight is 222 g/mol. The monoisotopic (exact) mass is 222 g/mol. The van der Waals surface area contributed by atoms with Gasteiger partial charge in [0.2, 0.25) is 0 Å². The molecule has 2 heteroatoms. The van der Waals surface area contributed by atoms with Crippen molar-refractivity contribution in [2.45, 2.75) is 13.8 Å². The maximum atomic E-state index is 4.69. The fourth-order valence-electron chi connectivity index (χ4n) is 2.09. The first-order valence-electron chi connectivity index (χ1n) is 5.77. The van der Waals surface area contributed by atoms with E-state index in [1.807, 2.05) is 18.2 Å². The normalized spacial score (nSPS) is 10.9. The Balaban J connectivity index is 2.27. The van der Waals surface area contributed by atoms with Gasteiger partial charge in [-0.25, -0.2) is 4.98 Å². The van der Waals surface area contributed by atoms with Gasteiger partial charge in [0.05, 0.1) is 11.0 Å². The van der Waals surface area contributed by atoms with Crippen LogP contribution in [-0.2, 0) is 0 Å². The van der Waals surface area contributed by atoms with Gasteiger partial charge in [-0.1, -0.05) is 42.5 Å². The van der Waals surface area contributed by atoms with Crippen LogP contribution in [0, 0.1) is 13.8 Å². The van der Waals surface area contributed by atoms with Crippen LogP contribution in [0.3, 0.4) is 0 Å². The number of imidazole rings is 1. The zero-order chi connectivity index (χ0) is 11.8. The number of aromatic nitrogens is 2. The second kappa shape index (κ2) is 3.74. The third kappa shape index (κ3) is 1.62. The van der Waals surface area contributed by atoms with Crippen LogP contribution in [0.4, 0.5) is 0 Å². The summed E-state index contributed by atoms with van der Waals surface area (Å²) in [6.45, 7) is 4.20.